The van der Waals surface area contributed by atoms with Crippen LogP contribution in [0.2, 0.25) is 0 Å². The van der Waals surface area contributed by atoms with E-state index in [1.54, 1.807) is 12.1 Å². The van der Waals surface area contributed by atoms with E-state index < -0.39 is 10.0 Å². The molecule has 1 saturated heterocycles. The summed E-state index contributed by atoms with van der Waals surface area (Å²) in [4.78, 5) is 0.215. The van der Waals surface area contributed by atoms with Crippen molar-refractivity contribution in [2.24, 2.45) is 0 Å². The highest BCUT2D eigenvalue weighted by Crippen LogP contribution is 2.32. The summed E-state index contributed by atoms with van der Waals surface area (Å²) in [6.45, 7) is 2.55. The van der Waals surface area contributed by atoms with Crippen LogP contribution in [0.4, 0.5) is 0 Å². The molecule has 6 nitrogen and oxygen atoms in total. The van der Waals surface area contributed by atoms with E-state index in [0.717, 1.165) is 19.4 Å². The summed E-state index contributed by atoms with van der Waals surface area (Å²) in [5.41, 5.74) is 0. The third kappa shape index (κ3) is 2.89. The lowest BCUT2D eigenvalue weighted by Crippen LogP contribution is -2.45. The van der Waals surface area contributed by atoms with Crippen LogP contribution in [-0.2, 0) is 10.0 Å². The normalized spacial score (nSPS) is 22.5. The molecule has 0 aromatic heterocycles. The monoisotopic (exact) mass is 298 g/mol. The van der Waals surface area contributed by atoms with E-state index in [2.05, 4.69) is 10.0 Å². The Kier molecular flexibility index (Phi) is 3.82. The van der Waals surface area contributed by atoms with Crippen molar-refractivity contribution in [3.05, 3.63) is 18.2 Å². The van der Waals surface area contributed by atoms with Gasteiger partial charge in [0.25, 0.3) is 0 Å². The van der Waals surface area contributed by atoms with E-state index in [4.69, 9.17) is 9.47 Å². The van der Waals surface area contributed by atoms with Crippen molar-refractivity contribution in [1.82, 2.24) is 10.0 Å². The summed E-state index contributed by atoms with van der Waals surface area (Å²) in [7, 11) is -3.52. The molecule has 1 fully saturated rings. The number of rotatable bonds is 3. The molecule has 20 heavy (non-hydrogen) atoms. The summed E-state index contributed by atoms with van der Waals surface area (Å²) in [5.74, 6) is 1.08. The summed E-state index contributed by atoms with van der Waals surface area (Å²) in [6, 6.07) is 4.66. The van der Waals surface area contributed by atoms with Crippen LogP contribution in [0, 0.1) is 0 Å². The van der Waals surface area contributed by atoms with Gasteiger partial charge in [0.15, 0.2) is 11.5 Å². The van der Waals surface area contributed by atoms with Gasteiger partial charge >= 0.3 is 0 Å². The van der Waals surface area contributed by atoms with Crippen molar-refractivity contribution in [2.45, 2.75) is 23.8 Å². The zero-order chi connectivity index (χ0) is 14.0. The molecule has 1 unspecified atom stereocenters. The second kappa shape index (κ2) is 5.59. The molecule has 0 saturated carbocycles. The number of hydrogen-bond acceptors (Lipinski definition) is 5. The Morgan fingerprint density at radius 3 is 2.75 bits per heavy atom. The summed E-state index contributed by atoms with van der Waals surface area (Å²) >= 11 is 0. The molecule has 2 aliphatic rings. The van der Waals surface area contributed by atoms with Crippen LogP contribution >= 0.6 is 0 Å². The number of nitrogens with one attached hydrogen (secondary N) is 2. The number of sulfonamides is 1. The van der Waals surface area contributed by atoms with Gasteiger partial charge in [-0.05, 0) is 31.5 Å². The Morgan fingerprint density at radius 1 is 1.20 bits per heavy atom. The predicted octanol–water partition coefficient (Wildman–Crippen LogP) is 0.488. The molecular weight excluding hydrogens is 280 g/mol. The van der Waals surface area contributed by atoms with Crippen LogP contribution in [-0.4, -0.2) is 40.8 Å². The molecule has 1 aromatic rings. The van der Waals surface area contributed by atoms with Crippen LogP contribution in [0.5, 0.6) is 11.5 Å². The van der Waals surface area contributed by atoms with Crippen molar-refractivity contribution in [3.8, 4) is 11.5 Å². The van der Waals surface area contributed by atoms with Crippen LogP contribution in [0.1, 0.15) is 12.8 Å². The first-order valence-corrected chi connectivity index (χ1v) is 8.26. The lowest BCUT2D eigenvalue weighted by Gasteiger charge is -2.24. The molecule has 1 aromatic carbocycles. The van der Waals surface area contributed by atoms with Gasteiger partial charge in [0.2, 0.25) is 10.0 Å². The van der Waals surface area contributed by atoms with Gasteiger partial charge in [-0.2, -0.15) is 0 Å². The first-order valence-electron chi connectivity index (χ1n) is 6.78. The predicted molar refractivity (Wildman–Crippen MR) is 73.6 cm³/mol. The van der Waals surface area contributed by atoms with Crippen molar-refractivity contribution >= 4 is 10.0 Å². The van der Waals surface area contributed by atoms with E-state index >= 15 is 0 Å². The smallest absolute Gasteiger partial charge is 0.241 e. The first-order chi connectivity index (χ1) is 9.65. The maximum absolute atomic E-state index is 12.4. The molecule has 2 N–H and O–H groups in total. The fourth-order valence-corrected chi connectivity index (χ4v) is 3.72. The molecule has 0 spiro atoms. The molecule has 3 rings (SSSR count). The number of hydrogen-bond donors (Lipinski definition) is 2. The molecule has 110 valence electrons. The maximum atomic E-state index is 12.4. The molecule has 0 bridgehead atoms. The molecule has 1 atom stereocenters. The third-order valence-corrected chi connectivity index (χ3v) is 4.96. The molecule has 2 aliphatic heterocycles. The second-order valence-corrected chi connectivity index (χ2v) is 6.68. The van der Waals surface area contributed by atoms with Crippen LogP contribution < -0.4 is 19.5 Å². The molecule has 0 radical (unpaired) electrons. The van der Waals surface area contributed by atoms with Gasteiger partial charge in [0.1, 0.15) is 13.2 Å². The highest BCUT2D eigenvalue weighted by Gasteiger charge is 2.23. The van der Waals surface area contributed by atoms with Gasteiger partial charge in [-0.3, -0.25) is 0 Å². The summed E-state index contributed by atoms with van der Waals surface area (Å²) < 4.78 is 38.2. The van der Waals surface area contributed by atoms with Gasteiger partial charge in [-0.1, -0.05) is 0 Å². The Balaban J connectivity index is 1.79. The highest BCUT2D eigenvalue weighted by atomic mass is 32.2. The highest BCUT2D eigenvalue weighted by molar-refractivity contribution is 7.89. The zero-order valence-corrected chi connectivity index (χ0v) is 11.9. The Labute approximate surface area is 118 Å². The molecule has 2 heterocycles. The minimum atomic E-state index is -3.52. The lowest BCUT2D eigenvalue weighted by atomic mass is 10.1. The molecule has 0 aliphatic carbocycles. The van der Waals surface area contributed by atoms with E-state index in [-0.39, 0.29) is 10.9 Å². The average Bonchev–Trinajstić information content (AvgIpc) is 2.47. The van der Waals surface area contributed by atoms with Crippen LogP contribution in [0.15, 0.2) is 23.1 Å². The fourth-order valence-electron chi connectivity index (χ4n) is 2.43. The quantitative estimate of drug-likeness (QED) is 0.849. The van der Waals surface area contributed by atoms with Gasteiger partial charge in [0.05, 0.1) is 4.90 Å². The minimum absolute atomic E-state index is 0.0537. The van der Waals surface area contributed by atoms with E-state index in [0.29, 0.717) is 31.3 Å². The third-order valence-electron chi connectivity index (χ3n) is 3.44. The number of benzene rings is 1. The topological polar surface area (TPSA) is 76.7 Å². The molecular formula is C13H18N2O4S. The van der Waals surface area contributed by atoms with Gasteiger partial charge in [0, 0.05) is 18.7 Å². The molecule has 0 amide bonds. The Hall–Kier alpha value is -1.31. The van der Waals surface area contributed by atoms with Crippen LogP contribution in [0.25, 0.3) is 0 Å². The second-order valence-electron chi connectivity index (χ2n) is 4.97. The van der Waals surface area contributed by atoms with E-state index in [1.165, 1.54) is 6.07 Å². The standard InChI is InChI=1S/C13H18N2O4S/c16-20(17,15-10-2-1-5-14-9-10)11-3-4-12-13(8-11)19-7-6-18-12/h3-4,8,10,14-15H,1-2,5-7,9H2. The van der Waals surface area contributed by atoms with Gasteiger partial charge in [-0.25, -0.2) is 13.1 Å². The summed E-state index contributed by atoms with van der Waals surface area (Å²) in [5, 5.41) is 3.19. The SMILES string of the molecule is O=S(=O)(NC1CCCNC1)c1ccc2c(c1)OCCO2. The Bertz CT molecular complexity index is 582. The first kappa shape index (κ1) is 13.7. The van der Waals surface area contributed by atoms with Crippen molar-refractivity contribution < 1.29 is 17.9 Å². The zero-order valence-electron chi connectivity index (χ0n) is 11.1. The van der Waals surface area contributed by atoms with Crippen molar-refractivity contribution in [3.63, 3.8) is 0 Å². The maximum Gasteiger partial charge on any atom is 0.241 e. The van der Waals surface area contributed by atoms with E-state index in [1.807, 2.05) is 0 Å². The number of fused-ring (bicyclic) bond motifs is 1. The fraction of sp³-hybridized carbons (Fsp3) is 0.538. The van der Waals surface area contributed by atoms with Crippen LogP contribution in [0.3, 0.4) is 0 Å². The van der Waals surface area contributed by atoms with Gasteiger partial charge < -0.3 is 14.8 Å². The Morgan fingerprint density at radius 2 is 2.00 bits per heavy atom. The minimum Gasteiger partial charge on any atom is -0.486 e. The van der Waals surface area contributed by atoms with Crippen molar-refractivity contribution in [2.75, 3.05) is 26.3 Å². The van der Waals surface area contributed by atoms with Crippen molar-refractivity contribution in [1.29, 1.82) is 0 Å². The molecule has 7 heteroatoms. The average molecular weight is 298 g/mol. The summed E-state index contributed by atoms with van der Waals surface area (Å²) in [6.07, 6.45) is 1.84. The largest absolute Gasteiger partial charge is 0.486 e. The lowest BCUT2D eigenvalue weighted by molar-refractivity contribution is 0.171. The van der Waals surface area contributed by atoms with E-state index in [9.17, 15) is 8.42 Å². The van der Waals surface area contributed by atoms with Gasteiger partial charge in [-0.15, -0.1) is 0 Å². The number of piperidine rings is 1. The number of ether oxygens (including phenoxy) is 2.